The van der Waals surface area contributed by atoms with Gasteiger partial charge in [0, 0.05) is 17.5 Å². The Hall–Kier alpha value is -3.37. The number of benzene rings is 4. The average molecular weight is 357 g/mol. The zero-order valence-electron chi connectivity index (χ0n) is 14.7. The van der Waals surface area contributed by atoms with Crippen molar-refractivity contribution in [2.24, 2.45) is 5.73 Å². The summed E-state index contributed by atoms with van der Waals surface area (Å²) < 4.78 is 5.48. The summed E-state index contributed by atoms with van der Waals surface area (Å²) in [4.78, 5) is 11.8. The van der Waals surface area contributed by atoms with Gasteiger partial charge in [0.15, 0.2) is 0 Å². The highest BCUT2D eigenvalue weighted by atomic mass is 16.5. The number of phenols is 1. The van der Waals surface area contributed by atoms with E-state index in [4.69, 9.17) is 10.5 Å². The van der Waals surface area contributed by atoms with Gasteiger partial charge in [-0.2, -0.15) is 0 Å². The molecule has 0 amide bonds. The molecular weight excluding hydrogens is 338 g/mol. The summed E-state index contributed by atoms with van der Waals surface area (Å²) >= 11 is 0. The summed E-state index contributed by atoms with van der Waals surface area (Å²) in [7, 11) is 0. The first kappa shape index (κ1) is 17.1. The van der Waals surface area contributed by atoms with Crippen LogP contribution in [-0.2, 0) is 11.2 Å². The van der Waals surface area contributed by atoms with Crippen molar-refractivity contribution in [3.8, 4) is 11.5 Å². The Morgan fingerprint density at radius 3 is 2.07 bits per heavy atom. The molecule has 4 aromatic rings. The highest BCUT2D eigenvalue weighted by molar-refractivity contribution is 5.92. The second-order valence-corrected chi connectivity index (χ2v) is 6.40. The molecular formula is C23H19NO3. The van der Waals surface area contributed by atoms with Crippen molar-refractivity contribution < 1.29 is 14.6 Å². The van der Waals surface area contributed by atoms with E-state index in [1.54, 1.807) is 12.1 Å². The number of ether oxygens (including phenoxy) is 1. The van der Waals surface area contributed by atoms with Gasteiger partial charge in [0.2, 0.25) is 0 Å². The molecule has 4 aromatic carbocycles. The summed E-state index contributed by atoms with van der Waals surface area (Å²) in [5.74, 6) is 0.197. The van der Waals surface area contributed by atoms with E-state index in [1.807, 2.05) is 60.7 Å². The van der Waals surface area contributed by atoms with Crippen LogP contribution >= 0.6 is 0 Å². The van der Waals surface area contributed by atoms with E-state index in [9.17, 15) is 9.90 Å². The number of carbonyl (C=O) groups is 1. The van der Waals surface area contributed by atoms with Gasteiger partial charge >= 0.3 is 5.97 Å². The molecule has 0 aliphatic rings. The van der Waals surface area contributed by atoms with Crippen molar-refractivity contribution in [3.05, 3.63) is 83.9 Å². The quantitative estimate of drug-likeness (QED) is 0.425. The second kappa shape index (κ2) is 7.09. The highest BCUT2D eigenvalue weighted by Crippen LogP contribution is 2.35. The molecule has 27 heavy (non-hydrogen) atoms. The van der Waals surface area contributed by atoms with Crippen molar-refractivity contribution in [2.75, 3.05) is 6.54 Å². The summed E-state index contributed by atoms with van der Waals surface area (Å²) in [6, 6.07) is 23.1. The molecule has 0 aliphatic heterocycles. The topological polar surface area (TPSA) is 72.6 Å². The lowest BCUT2D eigenvalue weighted by Gasteiger charge is -2.15. The maximum atomic E-state index is 11.8. The van der Waals surface area contributed by atoms with Crippen LogP contribution in [0.25, 0.3) is 21.5 Å². The number of hydrogen-bond donors (Lipinski definition) is 2. The number of fused-ring (bicyclic) bond motifs is 2. The van der Waals surface area contributed by atoms with Gasteiger partial charge < -0.3 is 15.6 Å². The summed E-state index contributed by atoms with van der Waals surface area (Å²) in [5.41, 5.74) is 7.07. The minimum Gasteiger partial charge on any atom is -0.508 e. The fourth-order valence-corrected chi connectivity index (χ4v) is 3.45. The Labute approximate surface area is 156 Å². The maximum absolute atomic E-state index is 11.8. The van der Waals surface area contributed by atoms with Gasteiger partial charge in [-0.25, -0.2) is 0 Å². The molecule has 0 saturated heterocycles. The van der Waals surface area contributed by atoms with Crippen LogP contribution in [0.1, 0.15) is 11.1 Å². The van der Waals surface area contributed by atoms with Crippen molar-refractivity contribution in [1.82, 2.24) is 0 Å². The summed E-state index contributed by atoms with van der Waals surface area (Å²) in [6.45, 7) is -0.189. The van der Waals surface area contributed by atoms with Gasteiger partial charge in [0.1, 0.15) is 11.5 Å². The number of rotatable bonds is 4. The van der Waals surface area contributed by atoms with Crippen LogP contribution in [0.5, 0.6) is 11.5 Å². The van der Waals surface area contributed by atoms with Crippen LogP contribution in [0, 0.1) is 0 Å². The smallest absolute Gasteiger partial charge is 0.325 e. The van der Waals surface area contributed by atoms with Gasteiger partial charge in [-0.15, -0.1) is 0 Å². The maximum Gasteiger partial charge on any atom is 0.325 e. The van der Waals surface area contributed by atoms with Gasteiger partial charge in [-0.05, 0) is 33.7 Å². The van der Waals surface area contributed by atoms with Crippen LogP contribution in [0.4, 0.5) is 0 Å². The molecule has 0 atom stereocenters. The van der Waals surface area contributed by atoms with Crippen molar-refractivity contribution in [3.63, 3.8) is 0 Å². The molecule has 4 nitrogen and oxygen atoms in total. The molecule has 0 bridgehead atoms. The Morgan fingerprint density at radius 1 is 0.815 bits per heavy atom. The Bertz CT molecular complexity index is 1150. The Morgan fingerprint density at radius 2 is 1.41 bits per heavy atom. The number of phenolic OH excluding ortho intramolecular Hbond substituents is 1. The third-order valence-electron chi connectivity index (χ3n) is 4.76. The van der Waals surface area contributed by atoms with Gasteiger partial charge in [-0.1, -0.05) is 60.7 Å². The predicted molar refractivity (Wildman–Crippen MR) is 107 cm³/mol. The lowest BCUT2D eigenvalue weighted by molar-refractivity contribution is -0.132. The standard InChI is InChI=1S/C23H19NO3/c24-14-23(26)27-22-12-10-16-6-2-4-8-18(16)20(22)13-19-17-7-3-1-5-15(17)9-11-21(19)25/h1-12,25H,13-14,24H2. The third-order valence-corrected chi connectivity index (χ3v) is 4.76. The van der Waals surface area contributed by atoms with Crippen LogP contribution < -0.4 is 10.5 Å². The number of aromatic hydroxyl groups is 1. The summed E-state index contributed by atoms with van der Waals surface area (Å²) in [5, 5.41) is 14.6. The lowest BCUT2D eigenvalue weighted by atomic mass is 9.93. The SMILES string of the molecule is NCC(=O)Oc1ccc2ccccc2c1Cc1c(O)ccc2ccccc12. The number of esters is 1. The minimum atomic E-state index is -0.492. The van der Waals surface area contributed by atoms with Crippen LogP contribution in [0.15, 0.2) is 72.8 Å². The van der Waals surface area contributed by atoms with Crippen molar-refractivity contribution >= 4 is 27.5 Å². The molecule has 0 aromatic heterocycles. The number of hydrogen-bond acceptors (Lipinski definition) is 4. The molecule has 0 heterocycles. The van der Waals surface area contributed by atoms with E-state index in [-0.39, 0.29) is 12.3 Å². The largest absolute Gasteiger partial charge is 0.508 e. The molecule has 0 spiro atoms. The highest BCUT2D eigenvalue weighted by Gasteiger charge is 2.16. The third kappa shape index (κ3) is 3.23. The van der Waals surface area contributed by atoms with Crippen molar-refractivity contribution in [2.45, 2.75) is 6.42 Å². The van der Waals surface area contributed by atoms with Crippen LogP contribution in [0.3, 0.4) is 0 Å². The first-order valence-electron chi connectivity index (χ1n) is 8.78. The Kier molecular flexibility index (Phi) is 4.48. The molecule has 0 fully saturated rings. The number of carbonyl (C=O) groups excluding carboxylic acids is 1. The molecule has 0 radical (unpaired) electrons. The van der Waals surface area contributed by atoms with E-state index in [0.29, 0.717) is 12.2 Å². The first-order valence-corrected chi connectivity index (χ1v) is 8.78. The van der Waals surface area contributed by atoms with E-state index >= 15 is 0 Å². The fraction of sp³-hybridized carbons (Fsp3) is 0.0870. The van der Waals surface area contributed by atoms with Gasteiger partial charge in [0.25, 0.3) is 0 Å². The Balaban J connectivity index is 1.92. The van der Waals surface area contributed by atoms with E-state index in [2.05, 4.69) is 0 Å². The first-order chi connectivity index (χ1) is 13.2. The molecule has 4 rings (SSSR count). The zero-order valence-corrected chi connectivity index (χ0v) is 14.7. The molecule has 0 aliphatic carbocycles. The van der Waals surface area contributed by atoms with Crippen LogP contribution in [0.2, 0.25) is 0 Å². The molecule has 134 valence electrons. The molecule has 4 heteroatoms. The van der Waals surface area contributed by atoms with Gasteiger partial charge in [-0.3, -0.25) is 4.79 Å². The normalized spacial score (nSPS) is 11.0. The van der Waals surface area contributed by atoms with Crippen LogP contribution in [-0.4, -0.2) is 17.6 Å². The predicted octanol–water partition coefficient (Wildman–Crippen LogP) is 4.15. The van der Waals surface area contributed by atoms with E-state index < -0.39 is 5.97 Å². The zero-order chi connectivity index (χ0) is 18.8. The monoisotopic (exact) mass is 357 g/mol. The van der Waals surface area contributed by atoms with E-state index in [1.165, 1.54) is 0 Å². The summed E-state index contributed by atoms with van der Waals surface area (Å²) in [6.07, 6.45) is 0.432. The molecule has 0 saturated carbocycles. The molecule has 3 N–H and O–H groups in total. The molecule has 0 unspecified atom stereocenters. The van der Waals surface area contributed by atoms with Gasteiger partial charge in [0.05, 0.1) is 6.54 Å². The fourth-order valence-electron chi connectivity index (χ4n) is 3.45. The second-order valence-electron chi connectivity index (χ2n) is 6.40. The minimum absolute atomic E-state index is 0.189. The van der Waals surface area contributed by atoms with Crippen molar-refractivity contribution in [1.29, 1.82) is 0 Å². The number of nitrogens with two attached hydrogens (primary N) is 1. The lowest BCUT2D eigenvalue weighted by Crippen LogP contribution is -2.20. The average Bonchev–Trinajstić information content (AvgIpc) is 2.71. The van der Waals surface area contributed by atoms with E-state index in [0.717, 1.165) is 32.7 Å².